The van der Waals surface area contributed by atoms with Gasteiger partial charge in [-0.05, 0) is 26.4 Å². The molecule has 1 unspecified atom stereocenters. The summed E-state index contributed by atoms with van der Waals surface area (Å²) < 4.78 is 6.16. The third-order valence-electron chi connectivity index (χ3n) is 2.49. The lowest BCUT2D eigenvalue weighted by Crippen LogP contribution is -2.37. The van der Waals surface area contributed by atoms with Crippen molar-refractivity contribution in [2.45, 2.75) is 65.1 Å². The van der Waals surface area contributed by atoms with E-state index in [9.17, 15) is 0 Å². The van der Waals surface area contributed by atoms with Crippen LogP contribution >= 0.6 is 15.9 Å². The summed E-state index contributed by atoms with van der Waals surface area (Å²) >= 11 is 3.53. The van der Waals surface area contributed by atoms with Gasteiger partial charge < -0.3 is 4.43 Å². The van der Waals surface area contributed by atoms with Gasteiger partial charge >= 0.3 is 0 Å². The Morgan fingerprint density at radius 2 is 2.06 bits per heavy atom. The van der Waals surface area contributed by atoms with E-state index in [0.717, 1.165) is 23.4 Å². The highest BCUT2D eigenvalue weighted by Crippen LogP contribution is 2.15. The summed E-state index contributed by atoms with van der Waals surface area (Å²) in [6.45, 7) is 12.6. The monoisotopic (exact) mass is 330 g/mol. The number of unbranched alkanes of at least 4 members (excludes halogenated alkanes) is 3. The van der Waals surface area contributed by atoms with Crippen LogP contribution in [-0.2, 0) is 4.43 Å². The van der Waals surface area contributed by atoms with Crippen LogP contribution in [0.25, 0.3) is 0 Å². The second-order valence-corrected chi connectivity index (χ2v) is 11.1. The quantitative estimate of drug-likeness (QED) is 0.199. The predicted octanol–water partition coefficient (Wildman–Crippen LogP) is 5.06. The first-order chi connectivity index (χ1) is 8.41. The Kier molecular flexibility index (Phi) is 9.81. The minimum Gasteiger partial charge on any atom is -0.403 e. The summed E-state index contributed by atoms with van der Waals surface area (Å²) in [6.07, 6.45) is 5.58. The van der Waals surface area contributed by atoms with E-state index in [1.807, 2.05) is 6.92 Å². The summed E-state index contributed by atoms with van der Waals surface area (Å²) in [5, 5.41) is 0. The van der Waals surface area contributed by atoms with E-state index < -0.39 is 8.32 Å². The molecule has 0 rings (SSSR count). The van der Waals surface area contributed by atoms with E-state index in [1.165, 1.54) is 19.3 Å². The van der Waals surface area contributed by atoms with E-state index in [0.29, 0.717) is 0 Å². The number of alkyl halides is 1. The van der Waals surface area contributed by atoms with Crippen molar-refractivity contribution in [2.75, 3.05) is 4.95 Å². The van der Waals surface area contributed by atoms with Crippen molar-refractivity contribution in [3.8, 4) is 11.8 Å². The highest BCUT2D eigenvalue weighted by Gasteiger charge is 2.24. The van der Waals surface area contributed by atoms with Gasteiger partial charge in [-0.3, -0.25) is 0 Å². The average molecular weight is 331 g/mol. The molecule has 0 radical (unpaired) electrons. The molecular formula is C15H27BrOSi. The van der Waals surface area contributed by atoms with E-state index >= 15 is 0 Å². The van der Waals surface area contributed by atoms with Crippen molar-refractivity contribution >= 4 is 24.2 Å². The van der Waals surface area contributed by atoms with Gasteiger partial charge in [0.05, 0.1) is 0 Å². The molecule has 0 aromatic carbocycles. The third kappa shape index (κ3) is 9.93. The van der Waals surface area contributed by atoms with Gasteiger partial charge in [0.2, 0.25) is 0 Å². The highest BCUT2D eigenvalue weighted by atomic mass is 79.9. The van der Waals surface area contributed by atoms with Crippen LogP contribution in [0.1, 0.15) is 46.0 Å². The van der Waals surface area contributed by atoms with Crippen LogP contribution < -0.4 is 0 Å². The molecule has 0 fully saturated rings. The van der Waals surface area contributed by atoms with Gasteiger partial charge in [0, 0.05) is 17.8 Å². The molecule has 1 nitrogen and oxygen atoms in total. The zero-order valence-electron chi connectivity index (χ0n) is 12.3. The molecule has 0 N–H and O–H groups in total. The van der Waals surface area contributed by atoms with Gasteiger partial charge in [-0.2, -0.15) is 0 Å². The predicted molar refractivity (Wildman–Crippen MR) is 87.5 cm³/mol. The molecule has 0 aliphatic rings. The molecule has 3 heteroatoms. The van der Waals surface area contributed by atoms with Crippen molar-refractivity contribution in [3.05, 3.63) is 12.2 Å². The lowest BCUT2D eigenvalue weighted by molar-refractivity contribution is 0.251. The second-order valence-electron chi connectivity index (χ2n) is 5.44. The van der Waals surface area contributed by atoms with Gasteiger partial charge in [-0.25, -0.2) is 0 Å². The van der Waals surface area contributed by atoms with Crippen LogP contribution in [0.15, 0.2) is 12.2 Å². The van der Waals surface area contributed by atoms with Gasteiger partial charge in [-0.1, -0.05) is 47.2 Å². The summed E-state index contributed by atoms with van der Waals surface area (Å²) in [6, 6.07) is 0. The summed E-state index contributed by atoms with van der Waals surface area (Å²) in [4.78, 5) is 0.949. The van der Waals surface area contributed by atoms with Crippen molar-refractivity contribution in [1.82, 2.24) is 0 Å². The molecule has 0 aromatic heterocycles. The van der Waals surface area contributed by atoms with Crippen LogP contribution in [0, 0.1) is 11.8 Å². The molecule has 0 aliphatic carbocycles. The molecule has 0 saturated heterocycles. The topological polar surface area (TPSA) is 9.23 Å². The fourth-order valence-electron chi connectivity index (χ4n) is 1.50. The lowest BCUT2D eigenvalue weighted by atomic mass is 10.1. The fraction of sp³-hybridized carbons (Fsp3) is 0.733. The van der Waals surface area contributed by atoms with E-state index in [4.69, 9.17) is 4.43 Å². The SMILES string of the molecule is C=C(C)CC(C#CCCCCC)O[Si](C)(C)CBr. The Bertz CT molecular complexity index is 301. The van der Waals surface area contributed by atoms with Crippen LogP contribution in [0.3, 0.4) is 0 Å². The van der Waals surface area contributed by atoms with Gasteiger partial charge in [0.1, 0.15) is 6.10 Å². The molecule has 104 valence electrons. The standard InChI is InChI=1S/C15H27BrOSi/c1-6-7-8-9-10-11-15(12-14(2)3)17-18(4,5)13-16/h15H,2,6-9,12-13H2,1,3-5H3. The number of hydrogen-bond acceptors (Lipinski definition) is 1. The normalized spacial score (nSPS) is 12.7. The lowest BCUT2D eigenvalue weighted by Gasteiger charge is -2.24. The fourth-order valence-corrected chi connectivity index (χ4v) is 2.88. The first-order valence-electron chi connectivity index (χ1n) is 6.78. The minimum absolute atomic E-state index is 0.0309. The van der Waals surface area contributed by atoms with E-state index in [2.05, 4.69) is 54.4 Å². The van der Waals surface area contributed by atoms with Gasteiger partial charge in [-0.15, -0.1) is 12.5 Å². The Balaban J connectivity index is 4.35. The third-order valence-corrected chi connectivity index (χ3v) is 8.10. The molecule has 1 atom stereocenters. The van der Waals surface area contributed by atoms with Crippen LogP contribution in [0.2, 0.25) is 13.1 Å². The maximum Gasteiger partial charge on any atom is 0.198 e. The maximum atomic E-state index is 6.16. The molecule has 0 amide bonds. The van der Waals surface area contributed by atoms with Gasteiger partial charge in [0.25, 0.3) is 0 Å². The number of hydrogen-bond donors (Lipinski definition) is 0. The minimum atomic E-state index is -1.61. The van der Waals surface area contributed by atoms with Crippen molar-refractivity contribution < 1.29 is 4.43 Å². The van der Waals surface area contributed by atoms with E-state index in [1.54, 1.807) is 0 Å². The molecule has 0 bridgehead atoms. The Hall–Kier alpha value is -0.0431. The Morgan fingerprint density at radius 1 is 1.39 bits per heavy atom. The highest BCUT2D eigenvalue weighted by molar-refractivity contribution is 9.09. The number of halogens is 1. The van der Waals surface area contributed by atoms with Crippen LogP contribution in [0.4, 0.5) is 0 Å². The second kappa shape index (κ2) is 9.83. The van der Waals surface area contributed by atoms with Crippen molar-refractivity contribution in [1.29, 1.82) is 0 Å². The Morgan fingerprint density at radius 3 is 2.56 bits per heavy atom. The average Bonchev–Trinajstić information content (AvgIpc) is 2.27. The number of rotatable bonds is 8. The zero-order chi connectivity index (χ0) is 14.0. The molecule has 0 aromatic rings. The molecule has 0 aliphatic heterocycles. The van der Waals surface area contributed by atoms with Crippen LogP contribution in [0.5, 0.6) is 0 Å². The van der Waals surface area contributed by atoms with E-state index in [-0.39, 0.29) is 6.10 Å². The molecular weight excluding hydrogens is 304 g/mol. The first kappa shape index (κ1) is 18.0. The van der Waals surface area contributed by atoms with Gasteiger partial charge in [0.15, 0.2) is 8.32 Å². The largest absolute Gasteiger partial charge is 0.403 e. The molecule has 18 heavy (non-hydrogen) atoms. The summed E-state index contributed by atoms with van der Waals surface area (Å²) in [5.41, 5.74) is 1.14. The summed E-state index contributed by atoms with van der Waals surface area (Å²) in [7, 11) is -1.61. The molecule has 0 heterocycles. The molecule has 0 spiro atoms. The maximum absolute atomic E-state index is 6.16. The Labute approximate surface area is 123 Å². The zero-order valence-corrected chi connectivity index (χ0v) is 14.9. The smallest absolute Gasteiger partial charge is 0.198 e. The molecule has 0 saturated carbocycles. The van der Waals surface area contributed by atoms with Crippen molar-refractivity contribution in [3.63, 3.8) is 0 Å². The van der Waals surface area contributed by atoms with Crippen LogP contribution in [-0.4, -0.2) is 19.4 Å². The first-order valence-corrected chi connectivity index (χ1v) is 11.0. The van der Waals surface area contributed by atoms with Crippen molar-refractivity contribution in [2.24, 2.45) is 0 Å². The summed E-state index contributed by atoms with van der Waals surface area (Å²) in [5.74, 6) is 6.54.